The van der Waals surface area contributed by atoms with Crippen LogP contribution in [-0.4, -0.2) is 15.7 Å². The molecule has 28 heavy (non-hydrogen) atoms. The summed E-state index contributed by atoms with van der Waals surface area (Å²) in [4.78, 5) is 13.0. The second kappa shape index (κ2) is 7.15. The van der Waals surface area contributed by atoms with Gasteiger partial charge in [-0.05, 0) is 73.5 Å². The predicted molar refractivity (Wildman–Crippen MR) is 105 cm³/mol. The molecule has 6 heteroatoms. The Morgan fingerprint density at radius 2 is 1.82 bits per heavy atom. The van der Waals surface area contributed by atoms with Crippen molar-refractivity contribution in [2.24, 2.45) is 0 Å². The zero-order valence-electron chi connectivity index (χ0n) is 15.4. The molecule has 2 aromatic carbocycles. The van der Waals surface area contributed by atoms with E-state index in [0.717, 1.165) is 11.1 Å². The van der Waals surface area contributed by atoms with E-state index in [-0.39, 0.29) is 11.7 Å². The Hall–Kier alpha value is -3.67. The number of nitrogens with zero attached hydrogens (tertiary/aromatic N) is 2. The highest BCUT2D eigenvalue weighted by atomic mass is 19.1. The first kappa shape index (κ1) is 17.7. The summed E-state index contributed by atoms with van der Waals surface area (Å²) < 4.78 is 20.2. The minimum Gasteiger partial charge on any atom is -0.463 e. The quantitative estimate of drug-likeness (QED) is 0.537. The zero-order chi connectivity index (χ0) is 19.7. The Morgan fingerprint density at radius 1 is 1.04 bits per heavy atom. The first-order valence-electron chi connectivity index (χ1n) is 8.80. The molecule has 0 aliphatic heterocycles. The number of aromatic nitrogens is 2. The van der Waals surface area contributed by atoms with E-state index in [1.807, 2.05) is 32.0 Å². The SMILES string of the molecule is Cc1ccc(NC(=O)c2cc(-c3ccco3)nn2-c2ccc(F)cc2)cc1C. The first-order chi connectivity index (χ1) is 13.5. The number of rotatable bonds is 4. The summed E-state index contributed by atoms with van der Waals surface area (Å²) in [5, 5.41) is 7.39. The maximum Gasteiger partial charge on any atom is 0.274 e. The van der Waals surface area contributed by atoms with E-state index >= 15 is 0 Å². The van der Waals surface area contributed by atoms with Crippen LogP contribution in [0.25, 0.3) is 17.1 Å². The van der Waals surface area contributed by atoms with E-state index < -0.39 is 0 Å². The molecule has 1 amide bonds. The summed E-state index contributed by atoms with van der Waals surface area (Å²) in [5.74, 6) is -0.137. The van der Waals surface area contributed by atoms with Gasteiger partial charge < -0.3 is 9.73 Å². The number of aryl methyl sites for hydroxylation is 2. The van der Waals surface area contributed by atoms with Crippen molar-refractivity contribution < 1.29 is 13.6 Å². The summed E-state index contributed by atoms with van der Waals surface area (Å²) in [6, 6.07) is 16.7. The van der Waals surface area contributed by atoms with Crippen molar-refractivity contribution in [2.75, 3.05) is 5.32 Å². The highest BCUT2D eigenvalue weighted by molar-refractivity contribution is 6.04. The molecule has 0 fully saturated rings. The summed E-state index contributed by atoms with van der Waals surface area (Å²) in [6.07, 6.45) is 1.54. The molecule has 2 aromatic heterocycles. The number of benzene rings is 2. The molecule has 5 nitrogen and oxygen atoms in total. The van der Waals surface area contributed by atoms with Gasteiger partial charge in [0.2, 0.25) is 0 Å². The summed E-state index contributed by atoms with van der Waals surface area (Å²) in [5.41, 5.74) is 4.33. The van der Waals surface area contributed by atoms with Crippen LogP contribution in [0.3, 0.4) is 0 Å². The molecule has 4 rings (SSSR count). The first-order valence-corrected chi connectivity index (χ1v) is 8.80. The third-order valence-electron chi connectivity index (χ3n) is 4.55. The number of furan rings is 1. The number of halogens is 1. The van der Waals surface area contributed by atoms with E-state index in [4.69, 9.17) is 4.42 Å². The molecule has 1 N–H and O–H groups in total. The van der Waals surface area contributed by atoms with Crippen LogP contribution in [0.15, 0.2) is 71.3 Å². The zero-order valence-corrected chi connectivity index (χ0v) is 15.4. The molecule has 0 saturated carbocycles. The second-order valence-corrected chi connectivity index (χ2v) is 6.53. The number of hydrogen-bond acceptors (Lipinski definition) is 3. The Balaban J connectivity index is 1.74. The second-order valence-electron chi connectivity index (χ2n) is 6.53. The molecular formula is C22H18FN3O2. The van der Waals surface area contributed by atoms with Crippen LogP contribution in [0.4, 0.5) is 10.1 Å². The number of anilines is 1. The van der Waals surface area contributed by atoms with Gasteiger partial charge in [-0.25, -0.2) is 9.07 Å². The molecule has 0 saturated heterocycles. The van der Waals surface area contributed by atoms with E-state index in [1.165, 1.54) is 16.8 Å². The van der Waals surface area contributed by atoms with Crippen molar-refractivity contribution >= 4 is 11.6 Å². The van der Waals surface area contributed by atoms with Gasteiger partial charge in [0.15, 0.2) is 5.76 Å². The summed E-state index contributed by atoms with van der Waals surface area (Å²) in [7, 11) is 0. The summed E-state index contributed by atoms with van der Waals surface area (Å²) >= 11 is 0. The summed E-state index contributed by atoms with van der Waals surface area (Å²) in [6.45, 7) is 4.00. The average Bonchev–Trinajstić information content (AvgIpc) is 3.35. The number of carbonyl (C=O) groups excluding carboxylic acids is 1. The van der Waals surface area contributed by atoms with Gasteiger partial charge in [-0.3, -0.25) is 4.79 Å². The van der Waals surface area contributed by atoms with Crippen LogP contribution < -0.4 is 5.32 Å². The molecule has 0 unspecified atom stereocenters. The smallest absolute Gasteiger partial charge is 0.274 e. The number of nitrogens with one attached hydrogen (secondary N) is 1. The molecule has 0 spiro atoms. The highest BCUT2D eigenvalue weighted by Gasteiger charge is 2.19. The average molecular weight is 375 g/mol. The number of amides is 1. The topological polar surface area (TPSA) is 60.1 Å². The third kappa shape index (κ3) is 3.44. The van der Waals surface area contributed by atoms with Crippen molar-refractivity contribution in [1.82, 2.24) is 9.78 Å². The molecule has 140 valence electrons. The lowest BCUT2D eigenvalue weighted by atomic mass is 10.1. The van der Waals surface area contributed by atoms with Gasteiger partial charge in [-0.1, -0.05) is 6.07 Å². The van der Waals surface area contributed by atoms with Gasteiger partial charge in [0, 0.05) is 11.8 Å². The van der Waals surface area contributed by atoms with Crippen LogP contribution in [0.1, 0.15) is 21.6 Å². The van der Waals surface area contributed by atoms with E-state index in [0.29, 0.717) is 28.5 Å². The van der Waals surface area contributed by atoms with Crippen molar-refractivity contribution in [3.05, 3.63) is 89.6 Å². The van der Waals surface area contributed by atoms with Gasteiger partial charge in [0.25, 0.3) is 5.91 Å². The van der Waals surface area contributed by atoms with E-state index in [2.05, 4.69) is 10.4 Å². The minimum atomic E-state index is -0.358. The fraction of sp³-hybridized carbons (Fsp3) is 0.0909. The fourth-order valence-corrected chi connectivity index (χ4v) is 2.88. The molecule has 0 radical (unpaired) electrons. The van der Waals surface area contributed by atoms with Crippen LogP contribution in [0.5, 0.6) is 0 Å². The highest BCUT2D eigenvalue weighted by Crippen LogP contribution is 2.23. The normalized spacial score (nSPS) is 10.8. The molecule has 0 aliphatic carbocycles. The largest absolute Gasteiger partial charge is 0.463 e. The van der Waals surface area contributed by atoms with E-state index in [9.17, 15) is 9.18 Å². The lowest BCUT2D eigenvalue weighted by Crippen LogP contribution is -2.17. The minimum absolute atomic E-state index is 0.316. The predicted octanol–water partition coefficient (Wildman–Crippen LogP) is 5.14. The Bertz CT molecular complexity index is 1130. The van der Waals surface area contributed by atoms with Gasteiger partial charge >= 0.3 is 0 Å². The lowest BCUT2D eigenvalue weighted by Gasteiger charge is -2.10. The monoisotopic (exact) mass is 375 g/mol. The van der Waals surface area contributed by atoms with Crippen LogP contribution in [0.2, 0.25) is 0 Å². The van der Waals surface area contributed by atoms with E-state index in [1.54, 1.807) is 36.6 Å². The van der Waals surface area contributed by atoms with Crippen molar-refractivity contribution in [2.45, 2.75) is 13.8 Å². The van der Waals surface area contributed by atoms with Crippen molar-refractivity contribution in [3.8, 4) is 17.1 Å². The van der Waals surface area contributed by atoms with Gasteiger partial charge in [0.05, 0.1) is 12.0 Å². The van der Waals surface area contributed by atoms with Gasteiger partial charge in [-0.15, -0.1) is 0 Å². The maximum absolute atomic E-state index is 13.3. The molecule has 0 atom stereocenters. The van der Waals surface area contributed by atoms with Crippen LogP contribution >= 0.6 is 0 Å². The van der Waals surface area contributed by atoms with Crippen LogP contribution in [-0.2, 0) is 0 Å². The molecule has 4 aromatic rings. The van der Waals surface area contributed by atoms with Crippen molar-refractivity contribution in [1.29, 1.82) is 0 Å². The Labute approximate surface area is 161 Å². The van der Waals surface area contributed by atoms with Crippen LogP contribution in [0, 0.1) is 19.7 Å². The Morgan fingerprint density at radius 3 is 2.50 bits per heavy atom. The molecule has 0 aliphatic rings. The van der Waals surface area contributed by atoms with Crippen molar-refractivity contribution in [3.63, 3.8) is 0 Å². The molecular weight excluding hydrogens is 357 g/mol. The fourth-order valence-electron chi connectivity index (χ4n) is 2.88. The third-order valence-corrected chi connectivity index (χ3v) is 4.55. The Kier molecular flexibility index (Phi) is 4.53. The standard InChI is InChI=1S/C22H18FN3O2/c1-14-5-8-17(12-15(14)2)24-22(27)20-13-19(21-4-3-11-28-21)25-26(20)18-9-6-16(23)7-10-18/h3-13H,1-2H3,(H,24,27). The van der Waals surface area contributed by atoms with Gasteiger partial charge in [-0.2, -0.15) is 5.10 Å². The molecule has 0 bridgehead atoms. The van der Waals surface area contributed by atoms with Gasteiger partial charge in [0.1, 0.15) is 17.2 Å². The number of hydrogen-bond donors (Lipinski definition) is 1. The lowest BCUT2D eigenvalue weighted by molar-refractivity contribution is 0.101. The maximum atomic E-state index is 13.3. The number of carbonyl (C=O) groups is 1. The molecule has 2 heterocycles.